The van der Waals surface area contributed by atoms with E-state index in [4.69, 9.17) is 0 Å². The number of pyridine rings is 4. The normalized spacial score (nSPS) is 15.5. The molecule has 0 atom stereocenters. The van der Waals surface area contributed by atoms with Crippen molar-refractivity contribution in [1.29, 1.82) is 0 Å². The number of anilines is 3. The van der Waals surface area contributed by atoms with Gasteiger partial charge in [0, 0.05) is 54.6 Å². The maximum atomic E-state index is 12.6. The number of rotatable bonds is 12. The summed E-state index contributed by atoms with van der Waals surface area (Å²) in [5.41, 5.74) is 8.97. The van der Waals surface area contributed by atoms with Crippen LogP contribution in [0.3, 0.4) is 0 Å². The Morgan fingerprint density at radius 3 is 1.41 bits per heavy atom. The fraction of sp³-hybridized carbons (Fsp3) is 0.500. The number of fused-ring (bicyclic) bond motifs is 3. The topological polar surface area (TPSA) is 192 Å². The number of hydrogen-bond donors (Lipinski definition) is 3. The lowest BCUT2D eigenvalue weighted by Gasteiger charge is -2.37. The van der Waals surface area contributed by atoms with Crippen LogP contribution in [0.15, 0.2) is 54.7 Å². The zero-order valence-corrected chi connectivity index (χ0v) is 41.2. The van der Waals surface area contributed by atoms with Crippen molar-refractivity contribution in [2.24, 2.45) is 17.3 Å². The molecular formula is C52H67N13O3. The van der Waals surface area contributed by atoms with Crippen LogP contribution in [0.4, 0.5) is 17.8 Å². The van der Waals surface area contributed by atoms with E-state index in [1.54, 1.807) is 6.20 Å². The Morgan fingerprint density at radius 1 is 0.574 bits per heavy atom. The minimum Gasteiger partial charge on any atom is -0.296 e. The van der Waals surface area contributed by atoms with Gasteiger partial charge in [0.25, 0.3) is 0 Å². The van der Waals surface area contributed by atoms with Crippen LogP contribution in [-0.4, -0.2) is 66.3 Å². The molecule has 3 amide bonds. The number of nitrogens with one attached hydrogen (secondary N) is 3. The van der Waals surface area contributed by atoms with Crippen LogP contribution in [0.25, 0.3) is 39.3 Å². The summed E-state index contributed by atoms with van der Waals surface area (Å²) in [5.74, 6) is 3.20. The number of imidazole rings is 3. The maximum Gasteiger partial charge on any atom is 0.227 e. The molecule has 0 saturated heterocycles. The van der Waals surface area contributed by atoms with Gasteiger partial charge in [-0.15, -0.1) is 0 Å². The third-order valence-corrected chi connectivity index (χ3v) is 13.1. The van der Waals surface area contributed by atoms with Gasteiger partial charge in [-0.2, -0.15) is 0 Å². The molecule has 3 aliphatic carbocycles. The highest BCUT2D eigenvalue weighted by Gasteiger charge is 2.34. The molecule has 7 aromatic rings. The standard InChI is InChI=1S/C20H23N5O.2C16H22N4O/c1-13-5-8-16(21-12-13)25-18-15(7-6-14(2)22-18)23-19(25)24-17(26)11-20(3)9-4-10-20;2*1-10(2)9-14(21)19-16-18-13-8-7-11(3)17-15(13)20(16)12-5-4-6-12/h5-8,12H,4,9-11H2,1-3H3,(H,23,24,26);2*7-8,10,12H,4-6,9H2,1-3H3,(H,18,19,21). The van der Waals surface area contributed by atoms with Gasteiger partial charge in [-0.1, -0.05) is 47.1 Å². The molecule has 358 valence electrons. The van der Waals surface area contributed by atoms with Gasteiger partial charge in [0.05, 0.1) is 0 Å². The van der Waals surface area contributed by atoms with Crippen LogP contribution in [0.2, 0.25) is 0 Å². The van der Waals surface area contributed by atoms with E-state index in [1.165, 1.54) is 19.3 Å². The third kappa shape index (κ3) is 11.1. The number of carbonyl (C=O) groups is 3. The fourth-order valence-electron chi connectivity index (χ4n) is 8.85. The molecule has 3 saturated carbocycles. The van der Waals surface area contributed by atoms with Crippen LogP contribution in [-0.2, 0) is 14.4 Å². The molecule has 16 nitrogen and oxygen atoms in total. The van der Waals surface area contributed by atoms with Crippen LogP contribution >= 0.6 is 0 Å². The largest absolute Gasteiger partial charge is 0.296 e. The minimum absolute atomic E-state index is 0.00686. The highest BCUT2D eigenvalue weighted by molar-refractivity contribution is 5.93. The molecule has 7 aromatic heterocycles. The molecule has 3 N–H and O–H groups in total. The van der Waals surface area contributed by atoms with E-state index in [0.29, 0.717) is 72.5 Å². The molecule has 68 heavy (non-hydrogen) atoms. The molecule has 0 bridgehead atoms. The quantitative estimate of drug-likeness (QED) is 0.106. The summed E-state index contributed by atoms with van der Waals surface area (Å²) >= 11 is 0. The maximum absolute atomic E-state index is 12.6. The molecule has 3 fully saturated rings. The molecule has 0 spiro atoms. The molecule has 3 aliphatic rings. The summed E-state index contributed by atoms with van der Waals surface area (Å²) in [6.45, 7) is 18.2. The molecule has 0 unspecified atom stereocenters. The van der Waals surface area contributed by atoms with Crippen LogP contribution < -0.4 is 16.0 Å². The molecular weight excluding hydrogens is 855 g/mol. The van der Waals surface area contributed by atoms with E-state index >= 15 is 0 Å². The van der Waals surface area contributed by atoms with Crippen LogP contribution in [0.1, 0.15) is 146 Å². The predicted molar refractivity (Wildman–Crippen MR) is 268 cm³/mol. The van der Waals surface area contributed by atoms with Gasteiger partial charge >= 0.3 is 0 Å². The van der Waals surface area contributed by atoms with Crippen LogP contribution in [0, 0.1) is 44.9 Å². The molecule has 0 aliphatic heterocycles. The molecule has 10 rings (SSSR count). The summed E-state index contributed by atoms with van der Waals surface area (Å²) in [6, 6.07) is 16.5. The summed E-state index contributed by atoms with van der Waals surface area (Å²) in [6.07, 6.45) is 13.8. The Hall–Kier alpha value is -6.58. The van der Waals surface area contributed by atoms with E-state index in [9.17, 15) is 14.4 Å². The van der Waals surface area contributed by atoms with Gasteiger partial charge in [-0.05, 0) is 144 Å². The SMILES string of the molecule is Cc1ccc(-n2c(NC(=O)CC3(C)CCC3)nc3ccc(C)nc32)nc1.Cc1ccc2nc(NC(=O)CC(C)C)n(C3CCC3)c2n1.Cc1ccc2nc(NC(=O)CC(C)C)n(C3CCC3)c2n1. The van der Waals surface area contributed by atoms with Crippen molar-refractivity contribution in [3.8, 4) is 5.82 Å². The summed E-state index contributed by atoms with van der Waals surface area (Å²) in [5, 5.41) is 8.94. The van der Waals surface area contributed by atoms with Gasteiger partial charge in [0.15, 0.2) is 16.9 Å². The zero-order valence-electron chi connectivity index (χ0n) is 41.2. The first-order valence-electron chi connectivity index (χ1n) is 24.4. The minimum atomic E-state index is -0.00686. The van der Waals surface area contributed by atoms with Crippen molar-refractivity contribution in [2.45, 2.75) is 151 Å². The van der Waals surface area contributed by atoms with Gasteiger partial charge in [-0.25, -0.2) is 39.5 Å². The molecule has 0 aromatic carbocycles. The first kappa shape index (κ1) is 47.9. The second kappa shape index (κ2) is 20.3. The Bertz CT molecular complexity index is 2820. The van der Waals surface area contributed by atoms with E-state index < -0.39 is 0 Å². The highest BCUT2D eigenvalue weighted by atomic mass is 16.2. The van der Waals surface area contributed by atoms with Crippen molar-refractivity contribution >= 4 is 69.1 Å². The molecule has 0 radical (unpaired) electrons. The number of aryl methyl sites for hydroxylation is 4. The van der Waals surface area contributed by atoms with Gasteiger partial charge in [0.1, 0.15) is 22.4 Å². The van der Waals surface area contributed by atoms with Crippen molar-refractivity contribution in [2.75, 3.05) is 16.0 Å². The van der Waals surface area contributed by atoms with Gasteiger partial charge in [-0.3, -0.25) is 39.5 Å². The monoisotopic (exact) mass is 922 g/mol. The van der Waals surface area contributed by atoms with E-state index in [2.05, 4.69) is 66.9 Å². The number of carbonyl (C=O) groups excluding carboxylic acids is 3. The second-order valence-corrected chi connectivity index (χ2v) is 20.3. The van der Waals surface area contributed by atoms with E-state index in [0.717, 1.165) is 89.0 Å². The lowest BCUT2D eigenvalue weighted by molar-refractivity contribution is -0.119. The Labute approximate surface area is 398 Å². The van der Waals surface area contributed by atoms with Crippen LogP contribution in [0.5, 0.6) is 0 Å². The van der Waals surface area contributed by atoms with Crippen molar-refractivity contribution < 1.29 is 14.4 Å². The first-order chi connectivity index (χ1) is 32.5. The first-order valence-corrected chi connectivity index (χ1v) is 24.4. The van der Waals surface area contributed by atoms with Crippen molar-refractivity contribution in [3.05, 3.63) is 77.4 Å². The van der Waals surface area contributed by atoms with Crippen molar-refractivity contribution in [3.63, 3.8) is 0 Å². The highest BCUT2D eigenvalue weighted by Crippen LogP contribution is 2.43. The molecule has 16 heteroatoms. The Morgan fingerprint density at radius 2 is 1.01 bits per heavy atom. The number of aromatic nitrogens is 10. The fourth-order valence-corrected chi connectivity index (χ4v) is 8.85. The van der Waals surface area contributed by atoms with Gasteiger partial charge in [0.2, 0.25) is 35.6 Å². The Kier molecular flexibility index (Phi) is 14.3. The van der Waals surface area contributed by atoms with Crippen molar-refractivity contribution in [1.82, 2.24) is 48.6 Å². The zero-order chi connectivity index (χ0) is 48.3. The average molecular weight is 922 g/mol. The second-order valence-electron chi connectivity index (χ2n) is 20.3. The third-order valence-electron chi connectivity index (χ3n) is 13.1. The summed E-state index contributed by atoms with van der Waals surface area (Å²) < 4.78 is 6.05. The smallest absolute Gasteiger partial charge is 0.227 e. The summed E-state index contributed by atoms with van der Waals surface area (Å²) in [4.78, 5) is 68.8. The predicted octanol–water partition coefficient (Wildman–Crippen LogP) is 10.8. The molecule has 7 heterocycles. The number of nitrogens with zero attached hydrogens (tertiary/aromatic N) is 10. The van der Waals surface area contributed by atoms with Gasteiger partial charge < -0.3 is 0 Å². The average Bonchev–Trinajstić information content (AvgIpc) is 3.86. The van der Waals surface area contributed by atoms with E-state index in [-0.39, 0.29) is 23.1 Å². The van der Waals surface area contributed by atoms with E-state index in [1.807, 2.05) is 108 Å². The lowest BCUT2D eigenvalue weighted by Crippen LogP contribution is -2.31. The Balaban J connectivity index is 0.000000139. The summed E-state index contributed by atoms with van der Waals surface area (Å²) in [7, 11) is 0. The number of hydrogen-bond acceptors (Lipinski definition) is 10. The number of amides is 3. The lowest BCUT2D eigenvalue weighted by atomic mass is 9.68.